The molecular weight excluding hydrogens is 344 g/mol. The molecule has 1 unspecified atom stereocenters. The molecule has 2 aliphatic heterocycles. The van der Waals surface area contributed by atoms with Crippen molar-refractivity contribution in [2.45, 2.75) is 64.0 Å². The van der Waals surface area contributed by atoms with Crippen molar-refractivity contribution in [1.82, 2.24) is 10.2 Å². The first-order chi connectivity index (χ1) is 13.1. The van der Waals surface area contributed by atoms with E-state index in [0.717, 1.165) is 11.3 Å². The second-order valence-corrected chi connectivity index (χ2v) is 7.85. The normalized spacial score (nSPS) is 23.8. The maximum atomic E-state index is 12.8. The summed E-state index contributed by atoms with van der Waals surface area (Å²) in [6.45, 7) is 1.05. The third-order valence-corrected chi connectivity index (χ3v) is 5.99. The van der Waals surface area contributed by atoms with E-state index in [-0.39, 0.29) is 24.1 Å². The molecule has 3 amide bonds. The molecule has 2 heterocycles. The molecule has 1 aromatic carbocycles. The number of benzene rings is 1. The molecule has 2 fully saturated rings. The number of piperidine rings is 1. The Kier molecular flexibility index (Phi) is 5.14. The van der Waals surface area contributed by atoms with Crippen molar-refractivity contribution in [3.63, 3.8) is 0 Å². The predicted molar refractivity (Wildman–Crippen MR) is 99.2 cm³/mol. The lowest BCUT2D eigenvalue weighted by Crippen LogP contribution is -2.52. The van der Waals surface area contributed by atoms with Gasteiger partial charge in [0.25, 0.3) is 5.91 Å². The van der Waals surface area contributed by atoms with E-state index in [9.17, 15) is 14.4 Å². The van der Waals surface area contributed by atoms with Crippen LogP contribution in [0.3, 0.4) is 0 Å². The van der Waals surface area contributed by atoms with E-state index < -0.39 is 6.04 Å². The number of rotatable bonds is 4. The molecule has 1 aromatic rings. The Bertz CT molecular complexity index is 753. The minimum atomic E-state index is -0.586. The number of nitrogens with one attached hydrogen (secondary N) is 1. The molecule has 0 aromatic heterocycles. The van der Waals surface area contributed by atoms with Gasteiger partial charge in [0.2, 0.25) is 11.8 Å². The van der Waals surface area contributed by atoms with Gasteiger partial charge in [-0.15, -0.1) is 0 Å². The van der Waals surface area contributed by atoms with Gasteiger partial charge in [0.1, 0.15) is 11.8 Å². The van der Waals surface area contributed by atoms with Crippen LogP contribution in [0.25, 0.3) is 0 Å². The quantitative estimate of drug-likeness (QED) is 0.653. The van der Waals surface area contributed by atoms with E-state index in [1.54, 1.807) is 11.0 Å². The molecule has 1 aliphatic carbocycles. The summed E-state index contributed by atoms with van der Waals surface area (Å²) >= 11 is 0. The summed E-state index contributed by atoms with van der Waals surface area (Å²) in [7, 11) is 0. The number of hydrogen-bond donors (Lipinski definition) is 1. The fourth-order valence-corrected chi connectivity index (χ4v) is 4.43. The predicted octanol–water partition coefficient (Wildman–Crippen LogP) is 2.80. The Morgan fingerprint density at radius 1 is 1.04 bits per heavy atom. The zero-order valence-corrected chi connectivity index (χ0v) is 15.5. The number of carbonyl (C=O) groups is 3. The molecule has 1 N–H and O–H groups in total. The zero-order valence-electron chi connectivity index (χ0n) is 15.5. The molecule has 4 rings (SSSR count). The Hall–Kier alpha value is -2.37. The number of amides is 3. The van der Waals surface area contributed by atoms with Crippen LogP contribution < -0.4 is 10.1 Å². The Morgan fingerprint density at radius 3 is 2.56 bits per heavy atom. The van der Waals surface area contributed by atoms with Gasteiger partial charge in [-0.05, 0) is 37.3 Å². The minimum absolute atomic E-state index is 0.153. The van der Waals surface area contributed by atoms with E-state index in [2.05, 4.69) is 5.32 Å². The first kappa shape index (κ1) is 18.0. The smallest absolute Gasteiger partial charge is 0.255 e. The highest BCUT2D eigenvalue weighted by Gasteiger charge is 2.40. The van der Waals surface area contributed by atoms with Crippen molar-refractivity contribution >= 4 is 17.7 Å². The number of ether oxygens (including phenoxy) is 1. The van der Waals surface area contributed by atoms with Crippen molar-refractivity contribution in [2.24, 2.45) is 5.92 Å². The minimum Gasteiger partial charge on any atom is -0.493 e. The van der Waals surface area contributed by atoms with E-state index >= 15 is 0 Å². The van der Waals surface area contributed by atoms with Crippen LogP contribution in [0.4, 0.5) is 0 Å². The van der Waals surface area contributed by atoms with Gasteiger partial charge >= 0.3 is 0 Å². The van der Waals surface area contributed by atoms with Crippen LogP contribution in [0.5, 0.6) is 5.75 Å². The summed E-state index contributed by atoms with van der Waals surface area (Å²) < 4.78 is 6.14. The topological polar surface area (TPSA) is 75.7 Å². The third kappa shape index (κ3) is 3.70. The maximum absolute atomic E-state index is 12.8. The molecular formula is C21H26N2O4. The van der Waals surface area contributed by atoms with Gasteiger partial charge in [0.05, 0.1) is 13.2 Å². The monoisotopic (exact) mass is 370 g/mol. The number of nitrogens with zero attached hydrogens (tertiary/aromatic N) is 1. The summed E-state index contributed by atoms with van der Waals surface area (Å²) in [6, 6.07) is 4.96. The Balaban J connectivity index is 1.47. The number of carbonyl (C=O) groups excluding carboxylic acids is 3. The molecule has 0 radical (unpaired) electrons. The summed E-state index contributed by atoms with van der Waals surface area (Å²) in [5.41, 5.74) is 1.47. The Morgan fingerprint density at radius 2 is 1.81 bits per heavy atom. The first-order valence-corrected chi connectivity index (χ1v) is 10.0. The van der Waals surface area contributed by atoms with Gasteiger partial charge in [0, 0.05) is 17.5 Å². The van der Waals surface area contributed by atoms with Crippen LogP contribution in [0.15, 0.2) is 18.2 Å². The van der Waals surface area contributed by atoms with Crippen LogP contribution >= 0.6 is 0 Å². The molecule has 27 heavy (non-hydrogen) atoms. The van der Waals surface area contributed by atoms with E-state index in [0.29, 0.717) is 31.1 Å². The summed E-state index contributed by atoms with van der Waals surface area (Å²) in [5.74, 6) is 0.521. The summed E-state index contributed by atoms with van der Waals surface area (Å²) in [4.78, 5) is 38.0. The first-order valence-electron chi connectivity index (χ1n) is 10.0. The number of fused-ring (bicyclic) bond motifs is 1. The van der Waals surface area contributed by atoms with Crippen LogP contribution in [-0.4, -0.2) is 35.3 Å². The van der Waals surface area contributed by atoms with E-state index in [1.807, 2.05) is 12.1 Å². The van der Waals surface area contributed by atoms with E-state index in [1.165, 1.54) is 38.5 Å². The lowest BCUT2D eigenvalue weighted by molar-refractivity contribution is -0.136. The molecule has 1 atom stereocenters. The van der Waals surface area contributed by atoms with Gasteiger partial charge in [-0.1, -0.05) is 31.7 Å². The van der Waals surface area contributed by atoms with Gasteiger partial charge in [-0.3, -0.25) is 19.7 Å². The lowest BCUT2D eigenvalue weighted by atomic mass is 10.0. The fourth-order valence-electron chi connectivity index (χ4n) is 4.43. The van der Waals surface area contributed by atoms with Gasteiger partial charge in [0.15, 0.2) is 0 Å². The van der Waals surface area contributed by atoms with Crippen LogP contribution in [0, 0.1) is 5.92 Å². The average Bonchev–Trinajstić information content (AvgIpc) is 2.84. The molecule has 0 spiro atoms. The van der Waals surface area contributed by atoms with E-state index in [4.69, 9.17) is 4.74 Å². The van der Waals surface area contributed by atoms with Crippen molar-refractivity contribution in [1.29, 1.82) is 0 Å². The van der Waals surface area contributed by atoms with Crippen LogP contribution in [0.1, 0.15) is 67.3 Å². The largest absolute Gasteiger partial charge is 0.493 e. The van der Waals surface area contributed by atoms with Crippen molar-refractivity contribution in [2.75, 3.05) is 6.61 Å². The second-order valence-electron chi connectivity index (χ2n) is 7.85. The zero-order chi connectivity index (χ0) is 18.8. The molecule has 0 bridgehead atoms. The number of imide groups is 1. The summed E-state index contributed by atoms with van der Waals surface area (Å²) in [5, 5.41) is 2.34. The number of hydrogen-bond acceptors (Lipinski definition) is 4. The van der Waals surface area contributed by atoms with Gasteiger partial charge in [-0.25, -0.2) is 0 Å². The van der Waals surface area contributed by atoms with Gasteiger partial charge in [-0.2, -0.15) is 0 Å². The molecule has 6 nitrogen and oxygen atoms in total. The molecule has 3 aliphatic rings. The Labute approximate surface area is 159 Å². The van der Waals surface area contributed by atoms with Crippen molar-refractivity contribution in [3.05, 3.63) is 29.3 Å². The molecule has 1 saturated heterocycles. The highest BCUT2D eigenvalue weighted by molar-refractivity contribution is 6.05. The molecule has 6 heteroatoms. The van der Waals surface area contributed by atoms with Crippen molar-refractivity contribution in [3.8, 4) is 5.75 Å². The third-order valence-electron chi connectivity index (χ3n) is 5.99. The molecule has 1 saturated carbocycles. The van der Waals surface area contributed by atoms with Crippen LogP contribution in [-0.2, 0) is 16.1 Å². The maximum Gasteiger partial charge on any atom is 0.255 e. The van der Waals surface area contributed by atoms with Crippen molar-refractivity contribution < 1.29 is 19.1 Å². The fraction of sp³-hybridized carbons (Fsp3) is 0.571. The highest BCUT2D eigenvalue weighted by atomic mass is 16.5. The standard InChI is InChI=1S/C21H26N2O4/c24-19-11-10-17(20(25)22-19)23-12-16-15(21(23)26)8-5-9-18(16)27-13-14-6-3-1-2-4-7-14/h5,8-9,14,17H,1-4,6-7,10-13H2,(H,22,24,25). The summed E-state index contributed by atoms with van der Waals surface area (Å²) in [6.07, 6.45) is 8.21. The highest BCUT2D eigenvalue weighted by Crippen LogP contribution is 2.34. The average molecular weight is 370 g/mol. The second kappa shape index (κ2) is 7.71. The van der Waals surface area contributed by atoms with Crippen LogP contribution in [0.2, 0.25) is 0 Å². The molecule has 144 valence electrons. The van der Waals surface area contributed by atoms with Gasteiger partial charge < -0.3 is 9.64 Å². The SMILES string of the molecule is O=C1CCC(N2Cc3c(OCC4CCCCCC4)cccc3C2=O)C(=O)N1. The lowest BCUT2D eigenvalue weighted by Gasteiger charge is -2.29.